The molecule has 0 aromatic carbocycles. The summed E-state index contributed by atoms with van der Waals surface area (Å²) >= 11 is 9.20. The third kappa shape index (κ3) is 4.75. The van der Waals surface area contributed by atoms with Crippen LogP contribution in [0.1, 0.15) is 0 Å². The van der Waals surface area contributed by atoms with Crippen LogP contribution in [-0.4, -0.2) is 50.5 Å². The topological polar surface area (TPSA) is 47.5 Å². The number of anilines is 1. The van der Waals surface area contributed by atoms with Crippen molar-refractivity contribution >= 4 is 33.3 Å². The maximum Gasteiger partial charge on any atom is 0.224 e. The van der Waals surface area contributed by atoms with Crippen LogP contribution in [0.5, 0.6) is 0 Å². The highest BCUT2D eigenvalue weighted by atomic mass is 79.9. The third-order valence-corrected chi connectivity index (χ3v) is 2.87. The Morgan fingerprint density at radius 3 is 2.41 bits per heavy atom. The number of hydrogen-bond donors (Lipinski definition) is 0. The van der Waals surface area contributed by atoms with Crippen LogP contribution in [0, 0.1) is 0 Å². The second kappa shape index (κ2) is 7.81. The summed E-state index contributed by atoms with van der Waals surface area (Å²) in [6, 6.07) is 0. The number of nitrogens with zero attached hydrogens (tertiary/aromatic N) is 3. The quantitative estimate of drug-likeness (QED) is 0.718. The molecule has 5 nitrogen and oxygen atoms in total. The Labute approximate surface area is 114 Å². The summed E-state index contributed by atoms with van der Waals surface area (Å²) in [5.74, 6) is 0.749. The summed E-state index contributed by atoms with van der Waals surface area (Å²) in [5, 5.41) is 0.225. The van der Waals surface area contributed by atoms with Gasteiger partial charge in [-0.05, 0) is 27.5 Å². The number of ether oxygens (including phenoxy) is 2. The lowest BCUT2D eigenvalue weighted by atomic mass is 10.4. The Morgan fingerprint density at radius 2 is 1.88 bits per heavy atom. The van der Waals surface area contributed by atoms with Gasteiger partial charge in [0.2, 0.25) is 5.28 Å². The average Bonchev–Trinajstić information content (AvgIpc) is 2.33. The van der Waals surface area contributed by atoms with Crippen molar-refractivity contribution in [2.45, 2.75) is 0 Å². The molecule has 1 rings (SSSR count). The zero-order valence-electron chi connectivity index (χ0n) is 9.82. The van der Waals surface area contributed by atoms with E-state index in [1.807, 2.05) is 4.90 Å². The SMILES string of the molecule is COCCN(CCOC)c1nc(Cl)ncc1Br. The molecule has 7 heteroatoms. The molecule has 0 spiro atoms. The third-order valence-electron chi connectivity index (χ3n) is 2.13. The van der Waals surface area contributed by atoms with E-state index in [-0.39, 0.29) is 5.28 Å². The van der Waals surface area contributed by atoms with Gasteiger partial charge in [0.05, 0.1) is 17.7 Å². The van der Waals surface area contributed by atoms with Crippen LogP contribution in [0.25, 0.3) is 0 Å². The first kappa shape index (κ1) is 14.6. The molecule has 0 N–H and O–H groups in total. The molecule has 0 bridgehead atoms. The Hall–Kier alpha value is -0.430. The smallest absolute Gasteiger partial charge is 0.224 e. The molecule has 0 unspecified atom stereocenters. The largest absolute Gasteiger partial charge is 0.383 e. The lowest BCUT2D eigenvalue weighted by Gasteiger charge is -2.23. The van der Waals surface area contributed by atoms with Crippen molar-refractivity contribution < 1.29 is 9.47 Å². The Morgan fingerprint density at radius 1 is 1.29 bits per heavy atom. The second-order valence-electron chi connectivity index (χ2n) is 3.28. The van der Waals surface area contributed by atoms with E-state index in [1.165, 1.54) is 0 Å². The highest BCUT2D eigenvalue weighted by Crippen LogP contribution is 2.23. The fraction of sp³-hybridized carbons (Fsp3) is 0.600. The van der Waals surface area contributed by atoms with Gasteiger partial charge < -0.3 is 14.4 Å². The molecule has 0 radical (unpaired) electrons. The van der Waals surface area contributed by atoms with Crippen LogP contribution in [0.2, 0.25) is 5.28 Å². The van der Waals surface area contributed by atoms with Crippen LogP contribution >= 0.6 is 27.5 Å². The van der Waals surface area contributed by atoms with Crippen molar-refractivity contribution in [1.82, 2.24) is 9.97 Å². The summed E-state index contributed by atoms with van der Waals surface area (Å²) in [4.78, 5) is 10.1. The van der Waals surface area contributed by atoms with Gasteiger partial charge >= 0.3 is 0 Å². The van der Waals surface area contributed by atoms with Crippen molar-refractivity contribution in [3.05, 3.63) is 16.0 Å². The average molecular weight is 325 g/mol. The standard InChI is InChI=1S/C10H15BrClN3O2/c1-16-5-3-15(4-6-17-2)9-8(11)7-13-10(12)14-9/h7H,3-6H2,1-2H3. The summed E-state index contributed by atoms with van der Waals surface area (Å²) < 4.78 is 10.9. The summed E-state index contributed by atoms with van der Waals surface area (Å²) in [5.41, 5.74) is 0. The van der Waals surface area contributed by atoms with E-state index in [9.17, 15) is 0 Å². The fourth-order valence-electron chi connectivity index (χ4n) is 1.29. The molecule has 0 saturated carbocycles. The number of halogens is 2. The van der Waals surface area contributed by atoms with Crippen molar-refractivity contribution in [2.24, 2.45) is 0 Å². The molecule has 1 heterocycles. The minimum Gasteiger partial charge on any atom is -0.383 e. The van der Waals surface area contributed by atoms with Crippen LogP contribution in [0.15, 0.2) is 10.7 Å². The molecule has 0 aliphatic heterocycles. The van der Waals surface area contributed by atoms with E-state index in [0.717, 1.165) is 10.3 Å². The molecule has 96 valence electrons. The molecule has 0 fully saturated rings. The normalized spacial score (nSPS) is 10.6. The minimum absolute atomic E-state index is 0.225. The van der Waals surface area contributed by atoms with Crippen molar-refractivity contribution in [3.63, 3.8) is 0 Å². The van der Waals surface area contributed by atoms with Crippen LogP contribution in [0.4, 0.5) is 5.82 Å². The monoisotopic (exact) mass is 323 g/mol. The highest BCUT2D eigenvalue weighted by Gasteiger charge is 2.12. The van der Waals surface area contributed by atoms with Gasteiger partial charge in [0.1, 0.15) is 5.82 Å². The van der Waals surface area contributed by atoms with Gasteiger partial charge in [-0.15, -0.1) is 0 Å². The summed E-state index contributed by atoms with van der Waals surface area (Å²) in [7, 11) is 3.33. The lowest BCUT2D eigenvalue weighted by Crippen LogP contribution is -2.31. The van der Waals surface area contributed by atoms with Gasteiger partial charge in [-0.2, -0.15) is 4.98 Å². The molecule has 0 aliphatic carbocycles. The van der Waals surface area contributed by atoms with Gasteiger partial charge in [0.15, 0.2) is 0 Å². The second-order valence-corrected chi connectivity index (χ2v) is 4.48. The van der Waals surface area contributed by atoms with E-state index in [4.69, 9.17) is 21.1 Å². The fourth-order valence-corrected chi connectivity index (χ4v) is 1.86. The van der Waals surface area contributed by atoms with Gasteiger partial charge in [0, 0.05) is 33.5 Å². The van der Waals surface area contributed by atoms with Crippen molar-refractivity contribution in [2.75, 3.05) is 45.4 Å². The summed E-state index contributed by atoms with van der Waals surface area (Å²) in [6.45, 7) is 2.65. The molecule has 17 heavy (non-hydrogen) atoms. The van der Waals surface area contributed by atoms with Crippen molar-refractivity contribution in [3.8, 4) is 0 Å². The van der Waals surface area contributed by atoms with E-state index in [2.05, 4.69) is 25.9 Å². The zero-order chi connectivity index (χ0) is 12.7. The zero-order valence-corrected chi connectivity index (χ0v) is 12.2. The van der Waals surface area contributed by atoms with Gasteiger partial charge in [0.25, 0.3) is 0 Å². The van der Waals surface area contributed by atoms with Gasteiger partial charge in [-0.1, -0.05) is 0 Å². The van der Waals surface area contributed by atoms with Crippen LogP contribution in [-0.2, 0) is 9.47 Å². The number of aromatic nitrogens is 2. The van der Waals surface area contributed by atoms with E-state index in [0.29, 0.717) is 26.3 Å². The predicted molar refractivity (Wildman–Crippen MR) is 70.7 cm³/mol. The maximum absolute atomic E-state index is 5.80. The van der Waals surface area contributed by atoms with E-state index >= 15 is 0 Å². The van der Waals surface area contributed by atoms with Crippen LogP contribution < -0.4 is 4.90 Å². The molecule has 0 atom stereocenters. The number of hydrogen-bond acceptors (Lipinski definition) is 5. The number of methoxy groups -OCH3 is 2. The molecule has 0 aliphatic rings. The summed E-state index contributed by atoms with van der Waals surface area (Å²) in [6.07, 6.45) is 1.64. The Kier molecular flexibility index (Phi) is 6.72. The Bertz CT molecular complexity index is 346. The van der Waals surface area contributed by atoms with Crippen molar-refractivity contribution in [1.29, 1.82) is 0 Å². The minimum atomic E-state index is 0.225. The molecular formula is C10H15BrClN3O2. The highest BCUT2D eigenvalue weighted by molar-refractivity contribution is 9.10. The van der Waals surface area contributed by atoms with Crippen LogP contribution in [0.3, 0.4) is 0 Å². The van der Waals surface area contributed by atoms with Gasteiger partial charge in [-0.25, -0.2) is 4.98 Å². The first-order valence-corrected chi connectivity index (χ1v) is 6.27. The Balaban J connectivity index is 2.82. The van der Waals surface area contributed by atoms with Gasteiger partial charge in [-0.3, -0.25) is 0 Å². The number of rotatable bonds is 7. The first-order chi connectivity index (χ1) is 8.19. The van der Waals surface area contributed by atoms with E-state index < -0.39 is 0 Å². The molecule has 1 aromatic heterocycles. The lowest BCUT2D eigenvalue weighted by molar-refractivity contribution is 0.190. The maximum atomic E-state index is 5.80. The first-order valence-electron chi connectivity index (χ1n) is 5.10. The van der Waals surface area contributed by atoms with E-state index in [1.54, 1.807) is 20.4 Å². The predicted octanol–water partition coefficient (Wildman–Crippen LogP) is 1.99. The molecule has 0 amide bonds. The molecular weight excluding hydrogens is 309 g/mol. The molecule has 0 saturated heterocycles. The molecule has 1 aromatic rings.